The van der Waals surface area contributed by atoms with Crippen molar-refractivity contribution in [3.8, 4) is 0 Å². The zero-order valence-corrected chi connectivity index (χ0v) is 18.0. The van der Waals surface area contributed by atoms with Crippen molar-refractivity contribution in [2.45, 2.75) is 43.2 Å². The van der Waals surface area contributed by atoms with Crippen LogP contribution in [0.15, 0.2) is 53.4 Å². The van der Waals surface area contributed by atoms with Gasteiger partial charge in [0.05, 0.1) is 4.90 Å². The van der Waals surface area contributed by atoms with Gasteiger partial charge < -0.3 is 16.0 Å². The van der Waals surface area contributed by atoms with Gasteiger partial charge in [0.25, 0.3) is 5.91 Å². The van der Waals surface area contributed by atoms with Gasteiger partial charge in [-0.15, -0.1) is 0 Å². The van der Waals surface area contributed by atoms with Gasteiger partial charge in [-0.05, 0) is 67.6 Å². The zero-order valence-electron chi connectivity index (χ0n) is 17.1. The summed E-state index contributed by atoms with van der Waals surface area (Å²) >= 11 is 0. The number of carbonyl (C=O) groups excluding carboxylic acids is 2. The lowest BCUT2D eigenvalue weighted by molar-refractivity contribution is 0.0951. The number of sulfonamides is 1. The summed E-state index contributed by atoms with van der Waals surface area (Å²) in [6.45, 7) is 1.42. The fourth-order valence-corrected chi connectivity index (χ4v) is 4.94. The van der Waals surface area contributed by atoms with Crippen molar-refractivity contribution in [2.24, 2.45) is 0 Å². The van der Waals surface area contributed by atoms with Gasteiger partial charge in [0.1, 0.15) is 0 Å². The highest BCUT2D eigenvalue weighted by atomic mass is 32.2. The fourth-order valence-electron chi connectivity index (χ4n) is 3.43. The molecule has 0 atom stereocenters. The van der Waals surface area contributed by atoms with Crippen molar-refractivity contribution in [3.63, 3.8) is 0 Å². The molecule has 2 aromatic carbocycles. The smallest absolute Gasteiger partial charge is 0.319 e. The summed E-state index contributed by atoms with van der Waals surface area (Å²) in [6, 6.07) is 13.3. The molecule has 0 radical (unpaired) electrons. The molecule has 31 heavy (non-hydrogen) atoms. The molecular weight excluding hydrogens is 416 g/mol. The summed E-state index contributed by atoms with van der Waals surface area (Å²) in [4.78, 5) is 24.4. The molecule has 3 N–H and O–H groups in total. The molecule has 9 heteroatoms. The molecule has 1 heterocycles. The first-order chi connectivity index (χ1) is 14.9. The highest BCUT2D eigenvalue weighted by molar-refractivity contribution is 7.89. The molecule has 2 aromatic rings. The number of carbonyl (C=O) groups is 2. The van der Waals surface area contributed by atoms with Crippen LogP contribution in [0.1, 0.15) is 41.6 Å². The monoisotopic (exact) mass is 442 g/mol. The highest BCUT2D eigenvalue weighted by Crippen LogP contribution is 2.21. The van der Waals surface area contributed by atoms with Crippen molar-refractivity contribution in [1.82, 2.24) is 14.9 Å². The van der Waals surface area contributed by atoms with Crippen LogP contribution in [0, 0.1) is 0 Å². The third-order valence-corrected chi connectivity index (χ3v) is 7.31. The minimum atomic E-state index is -3.43. The predicted molar refractivity (Wildman–Crippen MR) is 117 cm³/mol. The summed E-state index contributed by atoms with van der Waals surface area (Å²) in [7, 11) is -3.43. The Morgan fingerprint density at radius 3 is 2.19 bits per heavy atom. The van der Waals surface area contributed by atoms with E-state index >= 15 is 0 Å². The number of benzene rings is 2. The number of urea groups is 1. The SMILES string of the molecule is O=C(Nc1ccc(C(=O)NCc2ccc(S(=O)(=O)N3CCCC3)cc2)cc1)NC1CC1. The summed E-state index contributed by atoms with van der Waals surface area (Å²) < 4.78 is 26.7. The van der Waals surface area contributed by atoms with Crippen molar-refractivity contribution >= 4 is 27.6 Å². The van der Waals surface area contributed by atoms with Crippen LogP contribution in [0.2, 0.25) is 0 Å². The quantitative estimate of drug-likeness (QED) is 0.613. The Bertz CT molecular complexity index is 1040. The molecule has 0 bridgehead atoms. The minimum Gasteiger partial charge on any atom is -0.348 e. The van der Waals surface area contributed by atoms with Crippen LogP contribution in [0.5, 0.6) is 0 Å². The van der Waals surface area contributed by atoms with E-state index in [0.29, 0.717) is 24.3 Å². The Morgan fingerprint density at radius 2 is 1.58 bits per heavy atom. The van der Waals surface area contributed by atoms with Gasteiger partial charge >= 0.3 is 6.03 Å². The Kier molecular flexibility index (Phi) is 6.24. The maximum atomic E-state index is 12.6. The van der Waals surface area contributed by atoms with Crippen LogP contribution in [0.25, 0.3) is 0 Å². The molecule has 8 nitrogen and oxygen atoms in total. The van der Waals surface area contributed by atoms with E-state index in [9.17, 15) is 18.0 Å². The summed E-state index contributed by atoms with van der Waals surface area (Å²) in [5.74, 6) is -0.247. The molecule has 2 aliphatic rings. The molecule has 0 spiro atoms. The van der Waals surface area contributed by atoms with Crippen LogP contribution in [-0.4, -0.2) is 43.8 Å². The molecule has 4 rings (SSSR count). The highest BCUT2D eigenvalue weighted by Gasteiger charge is 2.27. The van der Waals surface area contributed by atoms with E-state index in [4.69, 9.17) is 0 Å². The maximum Gasteiger partial charge on any atom is 0.319 e. The maximum absolute atomic E-state index is 12.6. The molecule has 3 amide bonds. The van der Waals surface area contributed by atoms with E-state index in [-0.39, 0.29) is 29.4 Å². The number of nitrogens with one attached hydrogen (secondary N) is 3. The van der Waals surface area contributed by atoms with E-state index < -0.39 is 10.0 Å². The molecule has 1 saturated heterocycles. The van der Waals surface area contributed by atoms with Crippen LogP contribution in [0.4, 0.5) is 10.5 Å². The van der Waals surface area contributed by atoms with E-state index in [0.717, 1.165) is 31.2 Å². The topological polar surface area (TPSA) is 108 Å². The van der Waals surface area contributed by atoms with Gasteiger partial charge in [0, 0.05) is 36.9 Å². The average Bonchev–Trinajstić information content (AvgIpc) is 3.39. The lowest BCUT2D eigenvalue weighted by Crippen LogP contribution is -2.30. The molecule has 1 aliphatic heterocycles. The van der Waals surface area contributed by atoms with E-state index in [2.05, 4.69) is 16.0 Å². The molecule has 0 aromatic heterocycles. The second kappa shape index (κ2) is 9.07. The number of hydrogen-bond acceptors (Lipinski definition) is 4. The van der Waals surface area contributed by atoms with Crippen LogP contribution in [-0.2, 0) is 16.6 Å². The molecule has 1 saturated carbocycles. The number of hydrogen-bond donors (Lipinski definition) is 3. The molecular formula is C22H26N4O4S. The predicted octanol–water partition coefficient (Wildman–Crippen LogP) is 2.69. The normalized spacial score (nSPS) is 16.6. The average molecular weight is 443 g/mol. The van der Waals surface area contributed by atoms with Gasteiger partial charge in [-0.2, -0.15) is 4.31 Å². The van der Waals surface area contributed by atoms with Crippen molar-refractivity contribution < 1.29 is 18.0 Å². The first-order valence-electron chi connectivity index (χ1n) is 10.5. The van der Waals surface area contributed by atoms with E-state index in [1.807, 2.05) is 0 Å². The number of nitrogens with zero attached hydrogens (tertiary/aromatic N) is 1. The first kappa shape index (κ1) is 21.3. The second-order valence-electron chi connectivity index (χ2n) is 7.89. The second-order valence-corrected chi connectivity index (χ2v) is 9.83. The van der Waals surface area contributed by atoms with Crippen molar-refractivity contribution in [1.29, 1.82) is 0 Å². The van der Waals surface area contributed by atoms with Crippen molar-refractivity contribution in [3.05, 3.63) is 59.7 Å². The first-order valence-corrected chi connectivity index (χ1v) is 11.9. The summed E-state index contributed by atoms with van der Waals surface area (Å²) in [6.07, 6.45) is 3.83. The van der Waals surface area contributed by atoms with Gasteiger partial charge in [0.2, 0.25) is 10.0 Å². The Hall–Kier alpha value is -2.91. The third kappa shape index (κ3) is 5.42. The Balaban J connectivity index is 1.29. The van der Waals surface area contributed by atoms with Gasteiger partial charge in [-0.1, -0.05) is 12.1 Å². The lowest BCUT2D eigenvalue weighted by Gasteiger charge is -2.15. The van der Waals surface area contributed by atoms with Crippen LogP contribution >= 0.6 is 0 Å². The standard InChI is InChI=1S/C22H26N4O4S/c27-21(17-5-7-18(8-6-17)24-22(28)25-19-9-10-19)23-15-16-3-11-20(12-4-16)31(29,30)26-13-1-2-14-26/h3-8,11-12,19H,1-2,9-10,13-15H2,(H,23,27)(H2,24,25,28). The Morgan fingerprint density at radius 1 is 0.935 bits per heavy atom. The van der Waals surface area contributed by atoms with E-state index in [1.165, 1.54) is 4.31 Å². The van der Waals surface area contributed by atoms with Crippen LogP contribution in [0.3, 0.4) is 0 Å². The minimum absolute atomic E-state index is 0.241. The van der Waals surface area contributed by atoms with E-state index in [1.54, 1.807) is 48.5 Å². The Labute approximate surface area is 182 Å². The zero-order chi connectivity index (χ0) is 21.8. The van der Waals surface area contributed by atoms with Crippen molar-refractivity contribution in [2.75, 3.05) is 18.4 Å². The summed E-state index contributed by atoms with van der Waals surface area (Å²) in [5, 5.41) is 8.40. The number of anilines is 1. The van der Waals surface area contributed by atoms with Gasteiger partial charge in [-0.25, -0.2) is 13.2 Å². The number of rotatable bonds is 7. The lowest BCUT2D eigenvalue weighted by atomic mass is 10.1. The van der Waals surface area contributed by atoms with Gasteiger partial charge in [-0.3, -0.25) is 4.79 Å². The fraction of sp³-hybridized carbons (Fsp3) is 0.364. The summed E-state index contributed by atoms with van der Waals surface area (Å²) in [5.41, 5.74) is 1.90. The van der Waals surface area contributed by atoms with Crippen LogP contribution < -0.4 is 16.0 Å². The number of amides is 3. The van der Waals surface area contributed by atoms with Gasteiger partial charge in [0.15, 0.2) is 0 Å². The molecule has 164 valence electrons. The molecule has 1 aliphatic carbocycles. The molecule has 2 fully saturated rings. The third-order valence-electron chi connectivity index (χ3n) is 5.40. The molecule has 0 unspecified atom stereocenters. The largest absolute Gasteiger partial charge is 0.348 e.